The number of ether oxygens (including phenoxy) is 4. The first-order valence-corrected chi connectivity index (χ1v) is 12.2. The Hall–Kier alpha value is -2.78. The normalized spacial score (nSPS) is 17.4. The maximum atomic E-state index is 13.1. The average molecular weight is 462 g/mol. The number of para-hydroxylation sites is 1. The van der Waals surface area contributed by atoms with Gasteiger partial charge in [0, 0.05) is 25.6 Å². The van der Waals surface area contributed by atoms with Gasteiger partial charge in [-0.1, -0.05) is 18.2 Å². The standard InChI is InChI=1S/C23H27NO7S/c25-23(31-16-15-28-19-5-2-1-3-6-19)18-9-11-24(12-10-18)32(26,27)20-7-8-21-22(17-20)30-14-4-13-29-21/h1-3,5-8,17-18H,4,9-16H2. The van der Waals surface area contributed by atoms with Gasteiger partial charge in [-0.3, -0.25) is 4.79 Å². The molecule has 0 bridgehead atoms. The zero-order chi connectivity index (χ0) is 22.4. The number of hydrogen-bond acceptors (Lipinski definition) is 7. The Morgan fingerprint density at radius 3 is 2.44 bits per heavy atom. The van der Waals surface area contributed by atoms with Gasteiger partial charge in [0.25, 0.3) is 0 Å². The highest BCUT2D eigenvalue weighted by atomic mass is 32.2. The van der Waals surface area contributed by atoms with Crippen LogP contribution in [0.5, 0.6) is 17.2 Å². The highest BCUT2D eigenvalue weighted by Gasteiger charge is 2.33. The van der Waals surface area contributed by atoms with Gasteiger partial charge in [-0.15, -0.1) is 0 Å². The molecule has 0 aliphatic carbocycles. The van der Waals surface area contributed by atoms with E-state index in [1.807, 2.05) is 30.3 Å². The molecular weight excluding hydrogens is 434 g/mol. The summed E-state index contributed by atoms with van der Waals surface area (Å²) >= 11 is 0. The van der Waals surface area contributed by atoms with Crippen molar-refractivity contribution < 1.29 is 32.2 Å². The van der Waals surface area contributed by atoms with E-state index in [9.17, 15) is 13.2 Å². The monoisotopic (exact) mass is 461 g/mol. The van der Waals surface area contributed by atoms with E-state index in [0.29, 0.717) is 37.6 Å². The summed E-state index contributed by atoms with van der Waals surface area (Å²) < 4.78 is 49.6. The fourth-order valence-corrected chi connectivity index (χ4v) is 5.21. The number of nitrogens with zero attached hydrogens (tertiary/aromatic N) is 1. The molecule has 2 aliphatic heterocycles. The molecule has 2 aliphatic rings. The van der Waals surface area contributed by atoms with Crippen LogP contribution in [-0.4, -0.2) is 58.2 Å². The zero-order valence-electron chi connectivity index (χ0n) is 17.8. The van der Waals surface area contributed by atoms with Gasteiger partial charge in [-0.2, -0.15) is 4.31 Å². The summed E-state index contributed by atoms with van der Waals surface area (Å²) in [6.07, 6.45) is 1.59. The summed E-state index contributed by atoms with van der Waals surface area (Å²) in [6.45, 7) is 1.98. The fraction of sp³-hybridized carbons (Fsp3) is 0.435. The van der Waals surface area contributed by atoms with E-state index in [4.69, 9.17) is 18.9 Å². The molecule has 0 amide bonds. The number of carbonyl (C=O) groups is 1. The van der Waals surface area contributed by atoms with Crippen LogP contribution in [0.4, 0.5) is 0 Å². The third kappa shape index (κ3) is 5.34. The van der Waals surface area contributed by atoms with E-state index in [1.54, 1.807) is 6.07 Å². The summed E-state index contributed by atoms with van der Waals surface area (Å²) in [5.74, 6) is 1.09. The van der Waals surface area contributed by atoms with Crippen LogP contribution in [0.3, 0.4) is 0 Å². The Kier molecular flexibility index (Phi) is 7.16. The molecule has 0 saturated carbocycles. The molecule has 0 aromatic heterocycles. The molecule has 172 valence electrons. The molecule has 32 heavy (non-hydrogen) atoms. The lowest BCUT2D eigenvalue weighted by atomic mass is 9.98. The zero-order valence-corrected chi connectivity index (χ0v) is 18.6. The summed E-state index contributed by atoms with van der Waals surface area (Å²) in [5, 5.41) is 0. The topological polar surface area (TPSA) is 91.4 Å². The summed E-state index contributed by atoms with van der Waals surface area (Å²) in [4.78, 5) is 12.5. The molecule has 2 heterocycles. The number of sulfonamides is 1. The van der Waals surface area contributed by atoms with Crippen LogP contribution >= 0.6 is 0 Å². The Bertz CT molecular complexity index is 1020. The van der Waals surface area contributed by atoms with Crippen molar-refractivity contribution in [2.45, 2.75) is 24.2 Å². The highest BCUT2D eigenvalue weighted by molar-refractivity contribution is 7.89. The van der Waals surface area contributed by atoms with Gasteiger partial charge in [0.05, 0.1) is 24.0 Å². The van der Waals surface area contributed by atoms with Crippen LogP contribution in [-0.2, 0) is 19.6 Å². The maximum absolute atomic E-state index is 13.1. The third-order valence-corrected chi connectivity index (χ3v) is 7.38. The lowest BCUT2D eigenvalue weighted by Gasteiger charge is -2.30. The van der Waals surface area contributed by atoms with E-state index in [1.165, 1.54) is 16.4 Å². The molecular formula is C23H27NO7S. The molecule has 0 atom stereocenters. The smallest absolute Gasteiger partial charge is 0.309 e. The second-order valence-corrected chi connectivity index (χ2v) is 9.60. The second kappa shape index (κ2) is 10.2. The van der Waals surface area contributed by atoms with Crippen LogP contribution in [0.1, 0.15) is 19.3 Å². The molecule has 8 nitrogen and oxygen atoms in total. The minimum atomic E-state index is -3.68. The first-order valence-electron chi connectivity index (χ1n) is 10.8. The Morgan fingerprint density at radius 2 is 1.69 bits per heavy atom. The number of hydrogen-bond donors (Lipinski definition) is 0. The first kappa shape index (κ1) is 22.4. The number of benzene rings is 2. The Morgan fingerprint density at radius 1 is 0.969 bits per heavy atom. The minimum absolute atomic E-state index is 0.156. The van der Waals surface area contributed by atoms with Crippen LogP contribution in [0.25, 0.3) is 0 Å². The number of fused-ring (bicyclic) bond motifs is 1. The van der Waals surface area contributed by atoms with Crippen LogP contribution in [0.2, 0.25) is 0 Å². The largest absolute Gasteiger partial charge is 0.490 e. The van der Waals surface area contributed by atoms with Crippen molar-refractivity contribution in [3.63, 3.8) is 0 Å². The fourth-order valence-electron chi connectivity index (χ4n) is 3.72. The van der Waals surface area contributed by atoms with E-state index in [0.717, 1.165) is 12.2 Å². The van der Waals surface area contributed by atoms with Crippen molar-refractivity contribution in [2.75, 3.05) is 39.5 Å². The van der Waals surface area contributed by atoms with Gasteiger partial charge >= 0.3 is 5.97 Å². The second-order valence-electron chi connectivity index (χ2n) is 7.67. The number of piperidine rings is 1. The molecule has 9 heteroatoms. The lowest BCUT2D eigenvalue weighted by molar-refractivity contribution is -0.150. The van der Waals surface area contributed by atoms with E-state index in [2.05, 4.69) is 0 Å². The Labute approximate surface area is 188 Å². The maximum Gasteiger partial charge on any atom is 0.309 e. The predicted octanol–water partition coefficient (Wildman–Crippen LogP) is 2.87. The van der Waals surface area contributed by atoms with Crippen molar-refractivity contribution in [1.82, 2.24) is 4.31 Å². The highest BCUT2D eigenvalue weighted by Crippen LogP contribution is 2.33. The number of esters is 1. The van der Waals surface area contributed by atoms with Gasteiger partial charge in [-0.25, -0.2) is 8.42 Å². The Balaban J connectivity index is 1.27. The molecule has 2 aromatic carbocycles. The van der Waals surface area contributed by atoms with E-state index in [-0.39, 0.29) is 43.1 Å². The van der Waals surface area contributed by atoms with Crippen molar-refractivity contribution >= 4 is 16.0 Å². The average Bonchev–Trinajstić information content (AvgIpc) is 3.07. The molecule has 2 aromatic rings. The molecule has 4 rings (SSSR count). The van der Waals surface area contributed by atoms with Crippen LogP contribution in [0.15, 0.2) is 53.4 Å². The van der Waals surface area contributed by atoms with Crippen LogP contribution in [0, 0.1) is 5.92 Å². The molecule has 1 fully saturated rings. The summed E-state index contributed by atoms with van der Waals surface area (Å²) in [7, 11) is -3.68. The van der Waals surface area contributed by atoms with Gasteiger partial charge in [-0.05, 0) is 37.1 Å². The molecule has 0 radical (unpaired) electrons. The molecule has 0 spiro atoms. The molecule has 0 unspecified atom stereocenters. The summed E-state index contributed by atoms with van der Waals surface area (Å²) in [5.41, 5.74) is 0. The van der Waals surface area contributed by atoms with Crippen molar-refractivity contribution in [2.24, 2.45) is 5.92 Å². The van der Waals surface area contributed by atoms with Crippen molar-refractivity contribution in [3.8, 4) is 17.2 Å². The third-order valence-electron chi connectivity index (χ3n) is 5.48. The van der Waals surface area contributed by atoms with Crippen LogP contribution < -0.4 is 14.2 Å². The predicted molar refractivity (Wildman–Crippen MR) is 116 cm³/mol. The van der Waals surface area contributed by atoms with Crippen molar-refractivity contribution in [3.05, 3.63) is 48.5 Å². The van der Waals surface area contributed by atoms with Gasteiger partial charge < -0.3 is 18.9 Å². The van der Waals surface area contributed by atoms with Gasteiger partial charge in [0.15, 0.2) is 11.5 Å². The lowest BCUT2D eigenvalue weighted by Crippen LogP contribution is -2.40. The molecule has 1 saturated heterocycles. The number of rotatable bonds is 7. The van der Waals surface area contributed by atoms with E-state index < -0.39 is 10.0 Å². The quantitative estimate of drug-likeness (QED) is 0.462. The summed E-state index contributed by atoms with van der Waals surface area (Å²) in [6, 6.07) is 14.0. The van der Waals surface area contributed by atoms with Gasteiger partial charge in [0.2, 0.25) is 10.0 Å². The molecule has 0 N–H and O–H groups in total. The van der Waals surface area contributed by atoms with Gasteiger partial charge in [0.1, 0.15) is 19.0 Å². The van der Waals surface area contributed by atoms with Crippen molar-refractivity contribution in [1.29, 1.82) is 0 Å². The number of carbonyl (C=O) groups excluding carboxylic acids is 1. The van der Waals surface area contributed by atoms with E-state index >= 15 is 0 Å². The minimum Gasteiger partial charge on any atom is -0.490 e. The SMILES string of the molecule is O=C(OCCOc1ccccc1)C1CCN(S(=O)(=O)c2ccc3c(c2)OCCCO3)CC1. The first-order chi connectivity index (χ1) is 15.5.